The van der Waals surface area contributed by atoms with Gasteiger partial charge < -0.3 is 10.4 Å². The lowest BCUT2D eigenvalue weighted by Crippen LogP contribution is -2.41. The average molecular weight is 251 g/mol. The van der Waals surface area contributed by atoms with Crippen LogP contribution in [0.5, 0.6) is 0 Å². The Morgan fingerprint density at radius 3 is 2.65 bits per heavy atom. The SMILES string of the molecule is CC1(C)CCSCC1Nc1ccc(CO)cc1. The minimum Gasteiger partial charge on any atom is -0.392 e. The normalized spacial score (nSPS) is 23.4. The molecule has 1 heterocycles. The highest BCUT2D eigenvalue weighted by atomic mass is 32.2. The second kappa shape index (κ2) is 5.32. The third-order valence-corrected chi connectivity index (χ3v) is 4.66. The Hall–Kier alpha value is -0.670. The lowest BCUT2D eigenvalue weighted by atomic mass is 9.82. The molecule has 94 valence electrons. The molecule has 2 N–H and O–H groups in total. The van der Waals surface area contributed by atoms with Crippen LogP contribution in [0.1, 0.15) is 25.8 Å². The molecule has 1 fully saturated rings. The molecule has 3 heteroatoms. The Morgan fingerprint density at radius 2 is 2.06 bits per heavy atom. The Morgan fingerprint density at radius 1 is 1.35 bits per heavy atom. The van der Waals surface area contributed by atoms with Crippen molar-refractivity contribution in [1.29, 1.82) is 0 Å². The first kappa shape index (κ1) is 12.8. The van der Waals surface area contributed by atoms with Crippen molar-refractivity contribution in [3.05, 3.63) is 29.8 Å². The van der Waals surface area contributed by atoms with Crippen LogP contribution in [0.25, 0.3) is 0 Å². The number of hydrogen-bond acceptors (Lipinski definition) is 3. The fourth-order valence-electron chi connectivity index (χ4n) is 2.08. The zero-order chi connectivity index (χ0) is 12.3. The van der Waals surface area contributed by atoms with E-state index in [1.54, 1.807) is 0 Å². The van der Waals surface area contributed by atoms with E-state index in [0.29, 0.717) is 11.5 Å². The van der Waals surface area contributed by atoms with Gasteiger partial charge in [-0.1, -0.05) is 26.0 Å². The standard InChI is InChI=1S/C14H21NOS/c1-14(2)7-8-17-10-13(14)15-12-5-3-11(9-16)4-6-12/h3-6,13,15-16H,7-10H2,1-2H3. The van der Waals surface area contributed by atoms with Gasteiger partial charge >= 0.3 is 0 Å². The topological polar surface area (TPSA) is 32.3 Å². The predicted octanol–water partition coefficient (Wildman–Crippen LogP) is 3.12. The van der Waals surface area contributed by atoms with Gasteiger partial charge in [0.25, 0.3) is 0 Å². The largest absolute Gasteiger partial charge is 0.392 e. The molecule has 17 heavy (non-hydrogen) atoms. The predicted molar refractivity (Wildman–Crippen MR) is 75.5 cm³/mol. The first-order valence-electron chi connectivity index (χ1n) is 6.16. The molecule has 0 amide bonds. The third-order valence-electron chi connectivity index (χ3n) is 3.60. The van der Waals surface area contributed by atoms with Gasteiger partial charge in [-0.15, -0.1) is 0 Å². The van der Waals surface area contributed by atoms with Crippen LogP contribution >= 0.6 is 11.8 Å². The number of aliphatic hydroxyl groups excluding tert-OH is 1. The maximum absolute atomic E-state index is 9.01. The minimum absolute atomic E-state index is 0.116. The summed E-state index contributed by atoms with van der Waals surface area (Å²) in [5, 5.41) is 12.6. The lowest BCUT2D eigenvalue weighted by Gasteiger charge is -2.39. The number of hydrogen-bond donors (Lipinski definition) is 2. The second-order valence-corrected chi connectivity index (χ2v) is 6.52. The van der Waals surface area contributed by atoms with Gasteiger partial charge in [-0.25, -0.2) is 0 Å². The zero-order valence-corrected chi connectivity index (χ0v) is 11.4. The van der Waals surface area contributed by atoms with Crippen molar-refractivity contribution in [3.8, 4) is 0 Å². The van der Waals surface area contributed by atoms with E-state index < -0.39 is 0 Å². The lowest BCUT2D eigenvalue weighted by molar-refractivity contribution is 0.282. The third kappa shape index (κ3) is 3.17. The maximum Gasteiger partial charge on any atom is 0.0681 e. The highest BCUT2D eigenvalue weighted by Gasteiger charge is 2.32. The number of aliphatic hydroxyl groups is 1. The average Bonchev–Trinajstić information content (AvgIpc) is 2.33. The smallest absolute Gasteiger partial charge is 0.0681 e. The van der Waals surface area contributed by atoms with Crippen LogP contribution in [0, 0.1) is 5.41 Å². The quantitative estimate of drug-likeness (QED) is 0.865. The molecule has 0 aliphatic carbocycles. The molecular formula is C14H21NOS. The highest BCUT2D eigenvalue weighted by Crippen LogP contribution is 2.35. The van der Waals surface area contributed by atoms with Gasteiger partial charge in [0, 0.05) is 17.5 Å². The van der Waals surface area contributed by atoms with Crippen molar-refractivity contribution in [2.75, 3.05) is 16.8 Å². The minimum atomic E-state index is 0.116. The van der Waals surface area contributed by atoms with Crippen LogP contribution in [0.4, 0.5) is 5.69 Å². The first-order chi connectivity index (χ1) is 8.12. The fourth-order valence-corrected chi connectivity index (χ4v) is 3.69. The van der Waals surface area contributed by atoms with E-state index >= 15 is 0 Å². The molecule has 0 radical (unpaired) electrons. The van der Waals surface area contributed by atoms with Crippen molar-refractivity contribution in [1.82, 2.24) is 0 Å². The second-order valence-electron chi connectivity index (χ2n) is 5.37. The summed E-state index contributed by atoms with van der Waals surface area (Å²) in [4.78, 5) is 0. The maximum atomic E-state index is 9.01. The highest BCUT2D eigenvalue weighted by molar-refractivity contribution is 7.99. The summed E-state index contributed by atoms with van der Waals surface area (Å²) < 4.78 is 0. The van der Waals surface area contributed by atoms with Gasteiger partial charge in [-0.2, -0.15) is 11.8 Å². The number of thioether (sulfide) groups is 1. The number of rotatable bonds is 3. The molecule has 1 atom stereocenters. The Bertz CT molecular complexity index is 361. The molecule has 1 aromatic rings. The summed E-state index contributed by atoms with van der Waals surface area (Å²) in [7, 11) is 0. The van der Waals surface area contributed by atoms with Crippen LogP contribution in [0.3, 0.4) is 0 Å². The zero-order valence-electron chi connectivity index (χ0n) is 10.6. The molecule has 0 spiro atoms. The fraction of sp³-hybridized carbons (Fsp3) is 0.571. The molecular weight excluding hydrogens is 230 g/mol. The Kier molecular flexibility index (Phi) is 4.00. The number of anilines is 1. The molecule has 2 rings (SSSR count). The van der Waals surface area contributed by atoms with Crippen molar-refractivity contribution < 1.29 is 5.11 Å². The summed E-state index contributed by atoms with van der Waals surface area (Å²) in [6, 6.07) is 8.60. The Balaban J connectivity index is 2.03. The van der Waals surface area contributed by atoms with Crippen LogP contribution in [-0.4, -0.2) is 22.7 Å². The molecule has 1 aliphatic rings. The number of nitrogens with one attached hydrogen (secondary N) is 1. The van der Waals surface area contributed by atoms with E-state index in [2.05, 4.69) is 31.3 Å². The van der Waals surface area contributed by atoms with Gasteiger partial charge in [-0.05, 0) is 35.3 Å². The first-order valence-corrected chi connectivity index (χ1v) is 7.31. The van der Waals surface area contributed by atoms with Gasteiger partial charge in [-0.3, -0.25) is 0 Å². The van der Waals surface area contributed by atoms with Gasteiger partial charge in [0.05, 0.1) is 6.61 Å². The van der Waals surface area contributed by atoms with Crippen LogP contribution in [0.2, 0.25) is 0 Å². The number of benzene rings is 1. The van der Waals surface area contributed by atoms with Crippen LogP contribution in [0.15, 0.2) is 24.3 Å². The van der Waals surface area contributed by atoms with E-state index in [1.807, 2.05) is 23.9 Å². The molecule has 1 aliphatic heterocycles. The molecule has 0 aromatic heterocycles. The van der Waals surface area contributed by atoms with E-state index in [-0.39, 0.29) is 6.61 Å². The summed E-state index contributed by atoms with van der Waals surface area (Å²) >= 11 is 2.03. The molecule has 2 nitrogen and oxygen atoms in total. The molecule has 0 bridgehead atoms. The van der Waals surface area contributed by atoms with Gasteiger partial charge in [0.2, 0.25) is 0 Å². The van der Waals surface area contributed by atoms with Gasteiger partial charge in [0.15, 0.2) is 0 Å². The van der Waals surface area contributed by atoms with E-state index in [4.69, 9.17) is 5.11 Å². The molecule has 1 unspecified atom stereocenters. The van der Waals surface area contributed by atoms with Crippen molar-refractivity contribution >= 4 is 17.4 Å². The Labute approximate surface area is 108 Å². The van der Waals surface area contributed by atoms with Gasteiger partial charge in [0.1, 0.15) is 0 Å². The molecule has 1 saturated heterocycles. The summed E-state index contributed by atoms with van der Waals surface area (Å²) in [5.41, 5.74) is 2.48. The summed E-state index contributed by atoms with van der Waals surface area (Å²) in [6.07, 6.45) is 1.27. The summed E-state index contributed by atoms with van der Waals surface area (Å²) in [6.45, 7) is 4.80. The molecule has 1 aromatic carbocycles. The van der Waals surface area contributed by atoms with Crippen LogP contribution in [-0.2, 0) is 6.61 Å². The monoisotopic (exact) mass is 251 g/mol. The van der Waals surface area contributed by atoms with E-state index in [9.17, 15) is 0 Å². The summed E-state index contributed by atoms with van der Waals surface area (Å²) in [5.74, 6) is 2.45. The van der Waals surface area contributed by atoms with Crippen molar-refractivity contribution in [2.24, 2.45) is 5.41 Å². The van der Waals surface area contributed by atoms with Crippen molar-refractivity contribution in [2.45, 2.75) is 32.9 Å². The van der Waals surface area contributed by atoms with Crippen molar-refractivity contribution in [3.63, 3.8) is 0 Å². The van der Waals surface area contributed by atoms with E-state index in [0.717, 1.165) is 11.3 Å². The van der Waals surface area contributed by atoms with Crippen LogP contribution < -0.4 is 5.32 Å². The van der Waals surface area contributed by atoms with E-state index in [1.165, 1.54) is 17.9 Å². The molecule has 0 saturated carbocycles.